The van der Waals surface area contributed by atoms with Gasteiger partial charge >= 0.3 is 5.97 Å². The number of hydrogen-bond donors (Lipinski definition) is 2. The fraction of sp³-hybridized carbons (Fsp3) is 0.438. The molecule has 2 aromatic heterocycles. The number of carbonyl (C=O) groups is 2. The minimum atomic E-state index is -0.445. The van der Waals surface area contributed by atoms with Gasteiger partial charge in [-0.1, -0.05) is 0 Å². The lowest BCUT2D eigenvalue weighted by Gasteiger charge is -2.20. The molecule has 24 heavy (non-hydrogen) atoms. The van der Waals surface area contributed by atoms with Crippen molar-refractivity contribution in [2.24, 2.45) is 7.05 Å². The Morgan fingerprint density at radius 3 is 2.88 bits per heavy atom. The van der Waals surface area contributed by atoms with Crippen LogP contribution >= 0.6 is 11.3 Å². The summed E-state index contributed by atoms with van der Waals surface area (Å²) >= 11 is 1.53. The SMILES string of the molecule is COC(=O)c1cc(NC(=O)c2csc(C3CCNCC3)n2)cn1C. The Kier molecular flexibility index (Phi) is 4.96. The largest absolute Gasteiger partial charge is 0.464 e. The first kappa shape index (κ1) is 16.7. The minimum Gasteiger partial charge on any atom is -0.464 e. The van der Waals surface area contributed by atoms with Crippen molar-refractivity contribution in [1.29, 1.82) is 0 Å². The Balaban J connectivity index is 1.69. The zero-order valence-corrected chi connectivity index (χ0v) is 14.5. The van der Waals surface area contributed by atoms with Gasteiger partial charge in [-0.3, -0.25) is 4.79 Å². The third-order valence-electron chi connectivity index (χ3n) is 4.10. The summed E-state index contributed by atoms with van der Waals surface area (Å²) in [5.74, 6) is -0.284. The molecular weight excluding hydrogens is 328 g/mol. The minimum absolute atomic E-state index is 0.270. The molecule has 1 aliphatic rings. The van der Waals surface area contributed by atoms with Crippen LogP contribution in [0.4, 0.5) is 5.69 Å². The molecule has 0 spiro atoms. The first-order chi connectivity index (χ1) is 11.6. The number of anilines is 1. The topological polar surface area (TPSA) is 85.2 Å². The summed E-state index contributed by atoms with van der Waals surface area (Å²) in [4.78, 5) is 28.5. The normalized spacial score (nSPS) is 15.2. The van der Waals surface area contributed by atoms with Crippen LogP contribution in [0.15, 0.2) is 17.6 Å². The number of methoxy groups -OCH3 is 1. The molecule has 1 aliphatic heterocycles. The van der Waals surface area contributed by atoms with Gasteiger partial charge in [-0.05, 0) is 32.0 Å². The molecule has 7 nitrogen and oxygen atoms in total. The maximum absolute atomic E-state index is 12.4. The van der Waals surface area contributed by atoms with E-state index in [4.69, 9.17) is 4.74 Å². The number of nitrogens with one attached hydrogen (secondary N) is 2. The summed E-state index contributed by atoms with van der Waals surface area (Å²) in [6.07, 6.45) is 3.77. The second-order valence-electron chi connectivity index (χ2n) is 5.77. The van der Waals surface area contributed by atoms with Gasteiger partial charge in [0.15, 0.2) is 0 Å². The Morgan fingerprint density at radius 1 is 1.42 bits per heavy atom. The summed E-state index contributed by atoms with van der Waals surface area (Å²) < 4.78 is 6.32. The van der Waals surface area contributed by atoms with Gasteiger partial charge in [-0.25, -0.2) is 9.78 Å². The molecular formula is C16H20N4O3S. The summed E-state index contributed by atoms with van der Waals surface area (Å²) in [6.45, 7) is 1.98. The molecule has 0 unspecified atom stereocenters. The van der Waals surface area contributed by atoms with Gasteiger partial charge in [0.25, 0.3) is 5.91 Å². The first-order valence-corrected chi connectivity index (χ1v) is 8.68. The molecule has 0 aromatic carbocycles. The smallest absolute Gasteiger partial charge is 0.354 e. The molecule has 0 atom stereocenters. The quantitative estimate of drug-likeness (QED) is 0.826. The predicted molar refractivity (Wildman–Crippen MR) is 91.7 cm³/mol. The Bertz CT molecular complexity index is 746. The highest BCUT2D eigenvalue weighted by Gasteiger charge is 2.21. The fourth-order valence-corrected chi connectivity index (χ4v) is 3.76. The molecule has 128 valence electrons. The van der Waals surface area contributed by atoms with E-state index in [1.807, 2.05) is 0 Å². The van der Waals surface area contributed by atoms with E-state index in [2.05, 4.69) is 15.6 Å². The van der Waals surface area contributed by atoms with Crippen molar-refractivity contribution >= 4 is 28.9 Å². The van der Waals surface area contributed by atoms with E-state index in [0.717, 1.165) is 30.9 Å². The average Bonchev–Trinajstić information content (AvgIpc) is 3.22. The lowest BCUT2D eigenvalue weighted by Crippen LogP contribution is -2.26. The Labute approximate surface area is 144 Å². The molecule has 0 bridgehead atoms. The van der Waals surface area contributed by atoms with Crippen LogP contribution in [-0.2, 0) is 11.8 Å². The van der Waals surface area contributed by atoms with E-state index in [0.29, 0.717) is 23.0 Å². The first-order valence-electron chi connectivity index (χ1n) is 7.80. The highest BCUT2D eigenvalue weighted by atomic mass is 32.1. The highest BCUT2D eigenvalue weighted by molar-refractivity contribution is 7.09. The number of ether oxygens (including phenoxy) is 1. The van der Waals surface area contributed by atoms with Crippen LogP contribution in [0, 0.1) is 0 Å². The van der Waals surface area contributed by atoms with Crippen molar-refractivity contribution in [3.05, 3.63) is 34.0 Å². The van der Waals surface area contributed by atoms with Crippen molar-refractivity contribution in [1.82, 2.24) is 14.9 Å². The molecule has 0 radical (unpaired) electrons. The van der Waals surface area contributed by atoms with Crippen molar-refractivity contribution in [3.8, 4) is 0 Å². The van der Waals surface area contributed by atoms with Gasteiger partial charge < -0.3 is 19.9 Å². The van der Waals surface area contributed by atoms with E-state index in [1.165, 1.54) is 18.4 Å². The number of aromatic nitrogens is 2. The van der Waals surface area contributed by atoms with Crippen LogP contribution in [0.5, 0.6) is 0 Å². The number of thiazole rings is 1. The van der Waals surface area contributed by atoms with Gasteiger partial charge in [0.1, 0.15) is 11.4 Å². The van der Waals surface area contributed by atoms with Gasteiger partial charge in [0, 0.05) is 24.5 Å². The van der Waals surface area contributed by atoms with Crippen LogP contribution < -0.4 is 10.6 Å². The molecule has 3 heterocycles. The number of aryl methyl sites for hydroxylation is 1. The zero-order chi connectivity index (χ0) is 17.1. The second kappa shape index (κ2) is 7.14. The van der Waals surface area contributed by atoms with Crippen molar-refractivity contribution < 1.29 is 14.3 Å². The average molecular weight is 348 g/mol. The maximum atomic E-state index is 12.4. The Hall–Kier alpha value is -2.19. The molecule has 2 aromatic rings. The van der Waals surface area contributed by atoms with E-state index in [-0.39, 0.29) is 5.91 Å². The summed E-state index contributed by atoms with van der Waals surface area (Å²) in [6, 6.07) is 1.59. The molecule has 1 saturated heterocycles. The third kappa shape index (κ3) is 3.49. The van der Waals surface area contributed by atoms with E-state index < -0.39 is 5.97 Å². The predicted octanol–water partition coefficient (Wildman–Crippen LogP) is 1.99. The summed E-state index contributed by atoms with van der Waals surface area (Å²) in [7, 11) is 3.05. The number of amides is 1. The number of hydrogen-bond acceptors (Lipinski definition) is 6. The number of nitrogens with zero attached hydrogens (tertiary/aromatic N) is 2. The fourth-order valence-electron chi connectivity index (χ4n) is 2.78. The number of rotatable bonds is 4. The number of esters is 1. The number of piperidine rings is 1. The standard InChI is InChI=1S/C16H20N4O3S/c1-20-8-11(7-13(20)16(22)23-2)18-14(21)12-9-24-15(19-12)10-3-5-17-6-4-10/h7-10,17H,3-6H2,1-2H3,(H,18,21). The van der Waals surface area contributed by atoms with Gasteiger partial charge in [0.05, 0.1) is 17.8 Å². The van der Waals surface area contributed by atoms with Crippen molar-refractivity contribution in [3.63, 3.8) is 0 Å². The molecule has 1 fully saturated rings. The van der Waals surface area contributed by atoms with Crippen LogP contribution in [0.3, 0.4) is 0 Å². The number of carbonyl (C=O) groups excluding carboxylic acids is 2. The van der Waals surface area contributed by atoms with Crippen LogP contribution in [0.25, 0.3) is 0 Å². The molecule has 0 saturated carbocycles. The second-order valence-corrected chi connectivity index (χ2v) is 6.66. The van der Waals surface area contributed by atoms with Crippen molar-refractivity contribution in [2.45, 2.75) is 18.8 Å². The third-order valence-corrected chi connectivity index (χ3v) is 5.11. The van der Waals surface area contributed by atoms with Crippen molar-refractivity contribution in [2.75, 3.05) is 25.5 Å². The zero-order valence-electron chi connectivity index (χ0n) is 13.7. The lowest BCUT2D eigenvalue weighted by molar-refractivity contribution is 0.0590. The molecule has 1 amide bonds. The molecule has 8 heteroatoms. The van der Waals surface area contributed by atoms with Crippen LogP contribution in [-0.4, -0.2) is 41.6 Å². The highest BCUT2D eigenvalue weighted by Crippen LogP contribution is 2.28. The van der Waals surface area contributed by atoms with E-state index >= 15 is 0 Å². The van der Waals surface area contributed by atoms with E-state index in [1.54, 1.807) is 29.3 Å². The van der Waals surface area contributed by atoms with Gasteiger partial charge in [-0.2, -0.15) is 0 Å². The summed E-state index contributed by atoms with van der Waals surface area (Å²) in [5.41, 5.74) is 1.33. The molecule has 3 rings (SSSR count). The summed E-state index contributed by atoms with van der Waals surface area (Å²) in [5, 5.41) is 8.91. The molecule has 0 aliphatic carbocycles. The lowest BCUT2D eigenvalue weighted by atomic mass is 9.99. The monoisotopic (exact) mass is 348 g/mol. The van der Waals surface area contributed by atoms with E-state index in [9.17, 15) is 9.59 Å². The van der Waals surface area contributed by atoms with Gasteiger partial charge in [0.2, 0.25) is 0 Å². The van der Waals surface area contributed by atoms with Gasteiger partial charge in [-0.15, -0.1) is 11.3 Å². The van der Waals surface area contributed by atoms with Crippen LogP contribution in [0.2, 0.25) is 0 Å². The maximum Gasteiger partial charge on any atom is 0.354 e. The van der Waals surface area contributed by atoms with Crippen LogP contribution in [0.1, 0.15) is 44.7 Å². The molecule has 2 N–H and O–H groups in total. The Morgan fingerprint density at radius 2 is 2.17 bits per heavy atom.